The van der Waals surface area contributed by atoms with Crippen molar-refractivity contribution in [2.75, 3.05) is 43.9 Å². The molecule has 2 aliphatic heterocycles. The minimum absolute atomic E-state index is 0.199. The topological polar surface area (TPSA) is 64.4 Å². The predicted molar refractivity (Wildman–Crippen MR) is 77.4 cm³/mol. The molecule has 106 valence electrons. The third-order valence-corrected chi connectivity index (χ3v) is 6.29. The fraction of sp³-hybridized carbons (Fsp3) is 0.750. The summed E-state index contributed by atoms with van der Waals surface area (Å²) >= 11 is 1.58. The van der Waals surface area contributed by atoms with Crippen LogP contribution in [0.25, 0.3) is 0 Å². The second-order valence-corrected chi connectivity index (χ2v) is 7.95. The normalized spacial score (nSPS) is 28.3. The molecule has 0 amide bonds. The third-order valence-electron chi connectivity index (χ3n) is 3.75. The molecule has 0 radical (unpaired) electrons. The smallest absolute Gasteiger partial charge is 0.151 e. The SMILES string of the molecule is CSC(=CC#N)N1CCN(C2CCS(=O)(=O)C2)CC1. The first-order valence-electron chi connectivity index (χ1n) is 6.39. The van der Waals surface area contributed by atoms with E-state index in [0.29, 0.717) is 11.5 Å². The van der Waals surface area contributed by atoms with Gasteiger partial charge in [0.15, 0.2) is 9.84 Å². The summed E-state index contributed by atoms with van der Waals surface area (Å²) in [5.74, 6) is 0.651. The molecule has 0 aliphatic carbocycles. The number of nitrogens with zero attached hydrogens (tertiary/aromatic N) is 3. The molecule has 0 aromatic carbocycles. The van der Waals surface area contributed by atoms with Gasteiger partial charge in [0, 0.05) is 38.3 Å². The van der Waals surface area contributed by atoms with E-state index < -0.39 is 9.84 Å². The van der Waals surface area contributed by atoms with E-state index in [1.165, 1.54) is 0 Å². The Balaban J connectivity index is 1.90. The number of sulfone groups is 1. The largest absolute Gasteiger partial charge is 0.363 e. The molecule has 2 saturated heterocycles. The molecule has 0 N–H and O–H groups in total. The zero-order valence-electron chi connectivity index (χ0n) is 11.1. The van der Waals surface area contributed by atoms with E-state index in [0.717, 1.165) is 37.6 Å². The summed E-state index contributed by atoms with van der Waals surface area (Å²) < 4.78 is 23.0. The van der Waals surface area contributed by atoms with Crippen LogP contribution in [-0.2, 0) is 9.84 Å². The standard InChI is InChI=1S/C12H19N3O2S2/c1-18-12(2-4-13)15-7-5-14(6-8-15)11-3-9-19(16,17)10-11/h2,11H,3,5-10H2,1H3. The Bertz CT molecular complexity index is 488. The van der Waals surface area contributed by atoms with Crippen molar-refractivity contribution in [3.63, 3.8) is 0 Å². The molecule has 5 nitrogen and oxygen atoms in total. The van der Waals surface area contributed by atoms with Crippen LogP contribution in [0.4, 0.5) is 0 Å². The van der Waals surface area contributed by atoms with Gasteiger partial charge in [0.2, 0.25) is 0 Å². The van der Waals surface area contributed by atoms with Crippen molar-refractivity contribution in [1.29, 1.82) is 5.26 Å². The van der Waals surface area contributed by atoms with Gasteiger partial charge < -0.3 is 4.90 Å². The predicted octanol–water partition coefficient (Wildman–Crippen LogP) is 0.519. The fourth-order valence-electron chi connectivity index (χ4n) is 2.71. The second-order valence-electron chi connectivity index (χ2n) is 4.90. The van der Waals surface area contributed by atoms with E-state index in [2.05, 4.69) is 15.9 Å². The number of piperazine rings is 1. The van der Waals surface area contributed by atoms with E-state index >= 15 is 0 Å². The molecule has 2 aliphatic rings. The average Bonchev–Trinajstić information content (AvgIpc) is 2.77. The molecule has 1 unspecified atom stereocenters. The quantitative estimate of drug-likeness (QED) is 0.708. The zero-order valence-corrected chi connectivity index (χ0v) is 12.7. The van der Waals surface area contributed by atoms with Crippen molar-refractivity contribution in [2.45, 2.75) is 12.5 Å². The van der Waals surface area contributed by atoms with Crippen LogP contribution >= 0.6 is 11.8 Å². The van der Waals surface area contributed by atoms with Gasteiger partial charge in [0.05, 0.1) is 22.6 Å². The lowest BCUT2D eigenvalue weighted by Crippen LogP contribution is -2.50. The highest BCUT2D eigenvalue weighted by atomic mass is 32.2. The summed E-state index contributed by atoms with van der Waals surface area (Å²) in [7, 11) is -2.80. The maximum absolute atomic E-state index is 11.5. The summed E-state index contributed by atoms with van der Waals surface area (Å²) in [6.07, 6.45) is 4.32. The third kappa shape index (κ3) is 3.65. The van der Waals surface area contributed by atoms with Crippen LogP contribution in [0.2, 0.25) is 0 Å². The minimum Gasteiger partial charge on any atom is -0.363 e. The molecule has 0 aromatic heterocycles. The maximum atomic E-state index is 11.5. The Kier molecular flexibility index (Phi) is 4.76. The van der Waals surface area contributed by atoms with Crippen LogP contribution in [0.5, 0.6) is 0 Å². The van der Waals surface area contributed by atoms with Gasteiger partial charge in [-0.1, -0.05) is 0 Å². The first-order chi connectivity index (χ1) is 9.05. The monoisotopic (exact) mass is 301 g/mol. The highest BCUT2D eigenvalue weighted by Crippen LogP contribution is 2.23. The van der Waals surface area contributed by atoms with Crippen molar-refractivity contribution in [2.24, 2.45) is 0 Å². The summed E-state index contributed by atoms with van der Waals surface area (Å²) in [6, 6.07) is 2.27. The number of hydrogen-bond acceptors (Lipinski definition) is 6. The lowest BCUT2D eigenvalue weighted by atomic mass is 10.2. The van der Waals surface area contributed by atoms with Crippen LogP contribution in [0, 0.1) is 11.3 Å². The maximum Gasteiger partial charge on any atom is 0.151 e. The first-order valence-corrected chi connectivity index (χ1v) is 9.43. The van der Waals surface area contributed by atoms with Gasteiger partial charge in [-0.2, -0.15) is 5.26 Å². The van der Waals surface area contributed by atoms with E-state index in [9.17, 15) is 8.42 Å². The van der Waals surface area contributed by atoms with Gasteiger partial charge in [0.1, 0.15) is 0 Å². The Morgan fingerprint density at radius 3 is 2.53 bits per heavy atom. The van der Waals surface area contributed by atoms with Crippen LogP contribution in [0.15, 0.2) is 11.1 Å². The second kappa shape index (κ2) is 6.16. The van der Waals surface area contributed by atoms with Gasteiger partial charge in [0.25, 0.3) is 0 Å². The minimum atomic E-state index is -2.80. The van der Waals surface area contributed by atoms with Gasteiger partial charge in [-0.15, -0.1) is 11.8 Å². The summed E-state index contributed by atoms with van der Waals surface area (Å²) in [5, 5.41) is 9.74. The van der Waals surface area contributed by atoms with E-state index in [1.54, 1.807) is 17.8 Å². The van der Waals surface area contributed by atoms with Crippen LogP contribution < -0.4 is 0 Å². The lowest BCUT2D eigenvalue weighted by Gasteiger charge is -2.39. The number of allylic oxidation sites excluding steroid dienone is 1. The molecule has 2 rings (SSSR count). The van der Waals surface area contributed by atoms with Crippen molar-refractivity contribution in [3.8, 4) is 6.07 Å². The molecule has 1 atom stereocenters. The first kappa shape index (κ1) is 14.7. The van der Waals surface area contributed by atoms with Crippen LogP contribution in [0.3, 0.4) is 0 Å². The van der Waals surface area contributed by atoms with Crippen molar-refractivity contribution in [1.82, 2.24) is 9.80 Å². The highest BCUT2D eigenvalue weighted by molar-refractivity contribution is 8.02. The molecule has 0 aromatic rings. The molecule has 19 heavy (non-hydrogen) atoms. The van der Waals surface area contributed by atoms with Crippen molar-refractivity contribution >= 4 is 21.6 Å². The Morgan fingerprint density at radius 2 is 2.05 bits per heavy atom. The lowest BCUT2D eigenvalue weighted by molar-refractivity contribution is 0.130. The molecule has 7 heteroatoms. The van der Waals surface area contributed by atoms with Gasteiger partial charge in [-0.05, 0) is 12.7 Å². The van der Waals surface area contributed by atoms with Crippen LogP contribution in [0.1, 0.15) is 6.42 Å². The van der Waals surface area contributed by atoms with E-state index in [1.807, 2.05) is 6.26 Å². The Labute approximate surface area is 119 Å². The Morgan fingerprint density at radius 1 is 1.37 bits per heavy atom. The van der Waals surface area contributed by atoms with Gasteiger partial charge in [-0.25, -0.2) is 8.42 Å². The number of rotatable bonds is 3. The molecule has 2 fully saturated rings. The molecular weight excluding hydrogens is 282 g/mol. The average molecular weight is 301 g/mol. The van der Waals surface area contributed by atoms with Crippen molar-refractivity contribution in [3.05, 3.63) is 11.1 Å². The molecule has 0 spiro atoms. The van der Waals surface area contributed by atoms with E-state index in [-0.39, 0.29) is 6.04 Å². The van der Waals surface area contributed by atoms with Gasteiger partial charge >= 0.3 is 0 Å². The van der Waals surface area contributed by atoms with Crippen LogP contribution in [-0.4, -0.2) is 68.2 Å². The number of hydrogen-bond donors (Lipinski definition) is 0. The summed E-state index contributed by atoms with van der Waals surface area (Å²) in [6.45, 7) is 3.49. The summed E-state index contributed by atoms with van der Waals surface area (Å²) in [5.41, 5.74) is 0. The highest BCUT2D eigenvalue weighted by Gasteiger charge is 2.33. The fourth-order valence-corrected chi connectivity index (χ4v) is 5.08. The summed E-state index contributed by atoms with van der Waals surface area (Å²) in [4.78, 5) is 4.49. The Hall–Kier alpha value is -0.710. The van der Waals surface area contributed by atoms with E-state index in [4.69, 9.17) is 5.26 Å². The molecular formula is C12H19N3O2S2. The molecule has 0 saturated carbocycles. The number of nitriles is 1. The zero-order chi connectivity index (χ0) is 13.9. The molecule has 0 bridgehead atoms. The molecule has 2 heterocycles. The number of thioether (sulfide) groups is 1. The van der Waals surface area contributed by atoms with Gasteiger partial charge in [-0.3, -0.25) is 4.90 Å². The van der Waals surface area contributed by atoms with Crippen molar-refractivity contribution < 1.29 is 8.42 Å².